The van der Waals surface area contributed by atoms with Crippen LogP contribution in [0, 0.1) is 0 Å². The number of hydrogen-bond acceptors (Lipinski definition) is 2. The van der Waals surface area contributed by atoms with E-state index < -0.39 is 12.0 Å². The number of aryl methyl sites for hydroxylation is 1. The normalized spacial score (nSPS) is 12.3. The first-order valence-corrected chi connectivity index (χ1v) is 6.70. The number of carboxylic acid groups (broad SMARTS) is 1. The summed E-state index contributed by atoms with van der Waals surface area (Å²) in [5.41, 5.74) is 1.40. The molecule has 3 nitrogen and oxygen atoms in total. The maximum Gasteiger partial charge on any atom is 0.320 e. The van der Waals surface area contributed by atoms with Gasteiger partial charge in [0.15, 0.2) is 0 Å². The first-order chi connectivity index (χ1) is 8.70. The van der Waals surface area contributed by atoms with Crippen LogP contribution in [0.5, 0.6) is 0 Å². The summed E-state index contributed by atoms with van der Waals surface area (Å²) in [4.78, 5) is 10.6. The van der Waals surface area contributed by atoms with E-state index in [0.29, 0.717) is 0 Å². The summed E-state index contributed by atoms with van der Waals surface area (Å²) in [6, 6.07) is 10.1. The van der Waals surface area contributed by atoms with Crippen molar-refractivity contribution in [3.8, 4) is 0 Å². The molecule has 0 saturated heterocycles. The lowest BCUT2D eigenvalue weighted by molar-refractivity contribution is -0.138. The minimum Gasteiger partial charge on any atom is -0.480 e. The molecule has 1 rings (SSSR count). The number of carbonyl (C=O) groups is 1. The molecule has 1 atom stereocenters. The van der Waals surface area contributed by atoms with Crippen molar-refractivity contribution in [1.82, 2.24) is 5.32 Å². The zero-order valence-electron chi connectivity index (χ0n) is 11.1. The van der Waals surface area contributed by atoms with Crippen LogP contribution < -0.4 is 5.32 Å². The Balaban J connectivity index is 1.95. The Bertz CT molecular complexity index is 338. The number of aliphatic carboxylic acids is 1. The largest absolute Gasteiger partial charge is 0.480 e. The van der Waals surface area contributed by atoms with Crippen molar-refractivity contribution >= 4 is 5.97 Å². The topological polar surface area (TPSA) is 49.3 Å². The second-order valence-corrected chi connectivity index (χ2v) is 4.66. The van der Waals surface area contributed by atoms with Crippen LogP contribution in [-0.2, 0) is 11.2 Å². The molecule has 0 aliphatic heterocycles. The van der Waals surface area contributed by atoms with Gasteiger partial charge in [0.2, 0.25) is 0 Å². The Morgan fingerprint density at radius 1 is 1.17 bits per heavy atom. The lowest BCUT2D eigenvalue weighted by Gasteiger charge is -2.08. The van der Waals surface area contributed by atoms with E-state index in [0.717, 1.165) is 25.8 Å². The van der Waals surface area contributed by atoms with E-state index >= 15 is 0 Å². The first-order valence-electron chi connectivity index (χ1n) is 6.70. The van der Waals surface area contributed by atoms with Gasteiger partial charge in [-0.1, -0.05) is 43.2 Å². The van der Waals surface area contributed by atoms with Gasteiger partial charge in [-0.2, -0.15) is 0 Å². The molecule has 1 aromatic carbocycles. The predicted molar refractivity (Wildman–Crippen MR) is 73.7 cm³/mol. The van der Waals surface area contributed by atoms with E-state index in [1.807, 2.05) is 6.07 Å². The molecule has 100 valence electrons. The minimum atomic E-state index is -0.779. The van der Waals surface area contributed by atoms with E-state index in [1.165, 1.54) is 18.4 Å². The molecule has 1 aromatic rings. The number of benzene rings is 1. The molecular weight excluding hydrogens is 226 g/mol. The van der Waals surface area contributed by atoms with Gasteiger partial charge in [0.05, 0.1) is 0 Å². The van der Waals surface area contributed by atoms with Crippen LogP contribution in [0.25, 0.3) is 0 Å². The Labute approximate surface area is 109 Å². The Morgan fingerprint density at radius 2 is 1.83 bits per heavy atom. The van der Waals surface area contributed by atoms with E-state index in [-0.39, 0.29) is 0 Å². The van der Waals surface area contributed by atoms with Crippen molar-refractivity contribution < 1.29 is 9.90 Å². The van der Waals surface area contributed by atoms with Crippen molar-refractivity contribution in [2.75, 3.05) is 6.54 Å². The van der Waals surface area contributed by atoms with Crippen molar-refractivity contribution in [3.05, 3.63) is 35.9 Å². The van der Waals surface area contributed by atoms with E-state index in [4.69, 9.17) is 5.11 Å². The fourth-order valence-corrected chi connectivity index (χ4v) is 1.86. The molecule has 18 heavy (non-hydrogen) atoms. The van der Waals surface area contributed by atoms with Crippen LogP contribution in [0.4, 0.5) is 0 Å². The zero-order valence-corrected chi connectivity index (χ0v) is 11.1. The van der Waals surface area contributed by atoms with Crippen LogP contribution in [0.2, 0.25) is 0 Å². The second-order valence-electron chi connectivity index (χ2n) is 4.66. The van der Waals surface area contributed by atoms with Gasteiger partial charge in [-0.05, 0) is 38.3 Å². The van der Waals surface area contributed by atoms with E-state index in [2.05, 4.69) is 29.6 Å². The summed E-state index contributed by atoms with van der Waals surface area (Å²) in [7, 11) is 0. The maximum atomic E-state index is 10.6. The molecule has 2 N–H and O–H groups in total. The molecule has 3 heteroatoms. The molecular formula is C15H23NO2. The van der Waals surface area contributed by atoms with Crippen LogP contribution in [-0.4, -0.2) is 23.7 Å². The highest BCUT2D eigenvalue weighted by molar-refractivity contribution is 5.72. The van der Waals surface area contributed by atoms with E-state index in [9.17, 15) is 4.79 Å². The number of unbranched alkanes of at least 4 members (excludes halogenated alkanes) is 3. The molecule has 0 aliphatic rings. The van der Waals surface area contributed by atoms with Crippen molar-refractivity contribution in [2.45, 2.75) is 45.1 Å². The molecule has 0 radical (unpaired) electrons. The van der Waals surface area contributed by atoms with Gasteiger partial charge < -0.3 is 10.4 Å². The molecule has 0 aromatic heterocycles. The quantitative estimate of drug-likeness (QED) is 0.662. The molecule has 0 bridgehead atoms. The molecule has 0 saturated carbocycles. The van der Waals surface area contributed by atoms with Gasteiger partial charge in [-0.3, -0.25) is 4.79 Å². The summed E-state index contributed by atoms with van der Waals surface area (Å²) in [5, 5.41) is 11.7. The fraction of sp³-hybridized carbons (Fsp3) is 0.533. The Kier molecular flexibility index (Phi) is 7.11. The zero-order chi connectivity index (χ0) is 13.2. The maximum absolute atomic E-state index is 10.6. The lowest BCUT2D eigenvalue weighted by Crippen LogP contribution is -2.34. The highest BCUT2D eigenvalue weighted by Crippen LogP contribution is 2.07. The van der Waals surface area contributed by atoms with Crippen LogP contribution in [0.3, 0.4) is 0 Å². The van der Waals surface area contributed by atoms with Crippen LogP contribution in [0.1, 0.15) is 38.2 Å². The molecule has 0 unspecified atom stereocenters. The number of hydrogen-bond donors (Lipinski definition) is 2. The summed E-state index contributed by atoms with van der Waals surface area (Å²) < 4.78 is 0. The number of carboxylic acids is 1. The first kappa shape index (κ1) is 14.7. The monoisotopic (exact) mass is 249 g/mol. The Hall–Kier alpha value is -1.35. The van der Waals surface area contributed by atoms with Gasteiger partial charge in [0.1, 0.15) is 6.04 Å². The van der Waals surface area contributed by atoms with Crippen LogP contribution >= 0.6 is 0 Å². The summed E-state index contributed by atoms with van der Waals surface area (Å²) >= 11 is 0. The van der Waals surface area contributed by atoms with Crippen molar-refractivity contribution in [2.24, 2.45) is 0 Å². The van der Waals surface area contributed by atoms with Crippen LogP contribution in [0.15, 0.2) is 30.3 Å². The standard InChI is InChI=1S/C15H23NO2/c1-13(15(17)18)16-12-8-3-2-5-9-14-10-6-4-7-11-14/h4,6-7,10-11,13,16H,2-3,5,8-9,12H2,1H3,(H,17,18)/t13-/m0/s1. The van der Waals surface area contributed by atoms with Gasteiger partial charge in [-0.25, -0.2) is 0 Å². The lowest BCUT2D eigenvalue weighted by atomic mass is 10.1. The third-order valence-electron chi connectivity index (χ3n) is 3.06. The van der Waals surface area contributed by atoms with Gasteiger partial charge in [0.25, 0.3) is 0 Å². The minimum absolute atomic E-state index is 0.436. The van der Waals surface area contributed by atoms with Crippen molar-refractivity contribution in [1.29, 1.82) is 0 Å². The average molecular weight is 249 g/mol. The highest BCUT2D eigenvalue weighted by Gasteiger charge is 2.07. The highest BCUT2D eigenvalue weighted by atomic mass is 16.4. The summed E-state index contributed by atoms with van der Waals surface area (Å²) in [6.07, 6.45) is 5.76. The van der Waals surface area contributed by atoms with Crippen molar-refractivity contribution in [3.63, 3.8) is 0 Å². The number of nitrogens with one attached hydrogen (secondary N) is 1. The second kappa shape index (κ2) is 8.70. The summed E-state index contributed by atoms with van der Waals surface area (Å²) in [6.45, 7) is 2.47. The predicted octanol–water partition coefficient (Wildman–Crippen LogP) is 2.85. The molecule has 0 fully saturated rings. The molecule has 0 amide bonds. The summed E-state index contributed by atoms with van der Waals surface area (Å²) in [5.74, 6) is -0.779. The van der Waals surface area contributed by atoms with Gasteiger partial charge in [0, 0.05) is 0 Å². The van der Waals surface area contributed by atoms with Gasteiger partial charge >= 0.3 is 5.97 Å². The molecule has 0 spiro atoms. The fourth-order valence-electron chi connectivity index (χ4n) is 1.86. The third kappa shape index (κ3) is 6.40. The number of rotatable bonds is 9. The smallest absolute Gasteiger partial charge is 0.320 e. The molecule has 0 heterocycles. The molecule has 0 aliphatic carbocycles. The van der Waals surface area contributed by atoms with E-state index in [1.54, 1.807) is 6.92 Å². The third-order valence-corrected chi connectivity index (χ3v) is 3.06. The Morgan fingerprint density at radius 3 is 2.50 bits per heavy atom. The average Bonchev–Trinajstić information content (AvgIpc) is 2.38. The van der Waals surface area contributed by atoms with Gasteiger partial charge in [-0.15, -0.1) is 0 Å². The SMILES string of the molecule is C[C@H](NCCCCCCc1ccccc1)C(=O)O.